The first-order valence-corrected chi connectivity index (χ1v) is 12.7. The van der Waals surface area contributed by atoms with Crippen molar-refractivity contribution in [3.05, 3.63) is 71.8 Å². The number of rotatable bonds is 11. The number of carbonyl (C=O) groups is 3. The van der Waals surface area contributed by atoms with Gasteiger partial charge in [0, 0.05) is 18.3 Å². The second kappa shape index (κ2) is 11.9. The van der Waals surface area contributed by atoms with E-state index < -0.39 is 47.5 Å². The lowest BCUT2D eigenvalue weighted by atomic mass is 9.84. The minimum atomic E-state index is -1.91. The summed E-state index contributed by atoms with van der Waals surface area (Å²) in [6, 6.07) is 17.2. The first-order chi connectivity index (χ1) is 17.8. The highest BCUT2D eigenvalue weighted by atomic mass is 16.4. The van der Waals surface area contributed by atoms with Crippen LogP contribution < -0.4 is 16.4 Å². The Kier molecular flexibility index (Phi) is 9.14. The van der Waals surface area contributed by atoms with Crippen LogP contribution in [0.1, 0.15) is 44.7 Å². The topological polar surface area (TPSA) is 165 Å². The van der Waals surface area contributed by atoms with E-state index in [9.17, 15) is 29.7 Å². The molecular weight excluding hydrogens is 488 g/mol. The minimum absolute atomic E-state index is 0.0821. The summed E-state index contributed by atoms with van der Waals surface area (Å²) in [6.45, 7) is 4.88. The molecule has 206 valence electrons. The van der Waals surface area contributed by atoms with Crippen LogP contribution in [0.4, 0.5) is 4.79 Å². The van der Waals surface area contributed by atoms with E-state index >= 15 is 0 Å². The van der Waals surface area contributed by atoms with Gasteiger partial charge in [0.05, 0.1) is 12.2 Å². The van der Waals surface area contributed by atoms with Crippen LogP contribution in [0.3, 0.4) is 0 Å². The minimum Gasteiger partial charge on any atom is -0.465 e. The highest BCUT2D eigenvalue weighted by Gasteiger charge is 2.49. The van der Waals surface area contributed by atoms with Gasteiger partial charge < -0.3 is 31.7 Å². The molecule has 0 saturated carbocycles. The molecule has 10 heteroatoms. The van der Waals surface area contributed by atoms with Crippen molar-refractivity contribution in [1.29, 1.82) is 0 Å². The molecule has 3 rings (SSSR count). The molecular formula is C28H38N4O6. The number of benzene rings is 2. The molecule has 0 bridgehead atoms. The second-order valence-corrected chi connectivity index (χ2v) is 10.7. The standard InChI is InChI=1S/C28H38N4O6/c1-18(33)28(29,16-20-12-8-5-9-13-20)32(26(37)38)24(21(34)15-14-19-10-6-4-7-11-19)31-25(36)23-27(2,3)17-22(35)30-23/h4-13,18,21,23-24,33-34H,14-17,29H2,1-3H3,(H,30,35)(H,31,36)(H,37,38). The Labute approximate surface area is 222 Å². The van der Waals surface area contributed by atoms with Crippen LogP contribution in [0.2, 0.25) is 0 Å². The fourth-order valence-electron chi connectivity index (χ4n) is 4.94. The van der Waals surface area contributed by atoms with Gasteiger partial charge in [-0.25, -0.2) is 4.79 Å². The fourth-order valence-corrected chi connectivity index (χ4v) is 4.94. The lowest BCUT2D eigenvalue weighted by Gasteiger charge is -2.47. The fraction of sp³-hybridized carbons (Fsp3) is 0.464. The molecule has 1 aliphatic rings. The van der Waals surface area contributed by atoms with Crippen LogP contribution in [0.5, 0.6) is 0 Å². The summed E-state index contributed by atoms with van der Waals surface area (Å²) < 4.78 is 0. The van der Waals surface area contributed by atoms with Gasteiger partial charge in [-0.15, -0.1) is 0 Å². The van der Waals surface area contributed by atoms with Crippen molar-refractivity contribution < 1.29 is 29.7 Å². The van der Waals surface area contributed by atoms with Crippen molar-refractivity contribution in [3.63, 3.8) is 0 Å². The van der Waals surface area contributed by atoms with Crippen LogP contribution in [0, 0.1) is 5.41 Å². The number of nitrogens with one attached hydrogen (secondary N) is 2. The van der Waals surface area contributed by atoms with Gasteiger partial charge in [0.2, 0.25) is 11.8 Å². The lowest BCUT2D eigenvalue weighted by molar-refractivity contribution is -0.132. The molecule has 0 aromatic heterocycles. The maximum absolute atomic E-state index is 13.4. The van der Waals surface area contributed by atoms with Gasteiger partial charge in [-0.2, -0.15) is 0 Å². The molecule has 1 saturated heterocycles. The molecule has 7 N–H and O–H groups in total. The molecule has 1 heterocycles. The SMILES string of the molecule is CC(O)C(N)(Cc1ccccc1)N(C(=O)O)C(NC(=O)C1NC(=O)CC1(C)C)C(O)CCc1ccccc1. The summed E-state index contributed by atoms with van der Waals surface area (Å²) >= 11 is 0. The summed E-state index contributed by atoms with van der Waals surface area (Å²) in [4.78, 5) is 39.0. The normalized spacial score (nSPS) is 20.5. The molecule has 0 spiro atoms. The molecule has 2 aromatic rings. The van der Waals surface area contributed by atoms with Crippen molar-refractivity contribution in [2.24, 2.45) is 11.1 Å². The van der Waals surface area contributed by atoms with Crippen LogP contribution in [-0.2, 0) is 22.4 Å². The Morgan fingerprint density at radius 1 is 1.11 bits per heavy atom. The molecule has 1 aliphatic heterocycles. The summed E-state index contributed by atoms with van der Waals surface area (Å²) in [5.74, 6) is -0.948. The van der Waals surface area contributed by atoms with Gasteiger partial charge >= 0.3 is 6.09 Å². The molecule has 1 fully saturated rings. The van der Waals surface area contributed by atoms with Gasteiger partial charge in [-0.05, 0) is 30.9 Å². The van der Waals surface area contributed by atoms with Crippen molar-refractivity contribution in [1.82, 2.24) is 15.5 Å². The maximum Gasteiger partial charge on any atom is 0.410 e. The molecule has 38 heavy (non-hydrogen) atoms. The highest BCUT2D eigenvalue weighted by Crippen LogP contribution is 2.31. The number of carboxylic acid groups (broad SMARTS) is 1. The Balaban J connectivity index is 1.98. The summed E-state index contributed by atoms with van der Waals surface area (Å²) in [5.41, 5.74) is 5.57. The van der Waals surface area contributed by atoms with E-state index in [4.69, 9.17) is 5.73 Å². The number of nitrogens with zero attached hydrogens (tertiary/aromatic N) is 1. The summed E-state index contributed by atoms with van der Waals surface area (Å²) in [7, 11) is 0. The Morgan fingerprint density at radius 2 is 1.66 bits per heavy atom. The van der Waals surface area contributed by atoms with Crippen molar-refractivity contribution in [2.45, 2.75) is 76.5 Å². The average Bonchev–Trinajstić information content (AvgIpc) is 3.14. The quantitative estimate of drug-likeness (QED) is 0.242. The van der Waals surface area contributed by atoms with Crippen LogP contribution in [0.25, 0.3) is 0 Å². The first kappa shape index (κ1) is 29.1. The third-order valence-corrected chi connectivity index (χ3v) is 7.18. The number of nitrogens with two attached hydrogens (primary N) is 1. The number of amides is 3. The predicted molar refractivity (Wildman–Crippen MR) is 142 cm³/mol. The van der Waals surface area contributed by atoms with Gasteiger partial charge in [-0.1, -0.05) is 74.5 Å². The second-order valence-electron chi connectivity index (χ2n) is 10.7. The number of hydrogen-bond donors (Lipinski definition) is 6. The Hall–Kier alpha value is -3.47. The zero-order valence-corrected chi connectivity index (χ0v) is 22.0. The third kappa shape index (κ3) is 6.69. The van der Waals surface area contributed by atoms with E-state index in [0.717, 1.165) is 10.5 Å². The molecule has 3 amide bonds. The van der Waals surface area contributed by atoms with Gasteiger partial charge in [0.1, 0.15) is 17.9 Å². The highest BCUT2D eigenvalue weighted by molar-refractivity contribution is 5.92. The summed E-state index contributed by atoms with van der Waals surface area (Å²) in [6.07, 6.45) is -5.25. The number of aliphatic hydroxyl groups is 2. The molecule has 0 aliphatic carbocycles. The largest absolute Gasteiger partial charge is 0.465 e. The van der Waals surface area contributed by atoms with Crippen molar-refractivity contribution in [2.75, 3.05) is 0 Å². The van der Waals surface area contributed by atoms with E-state index in [-0.39, 0.29) is 25.2 Å². The van der Waals surface area contributed by atoms with Gasteiger partial charge in [0.25, 0.3) is 0 Å². The monoisotopic (exact) mass is 526 g/mol. The lowest BCUT2D eigenvalue weighted by Crippen LogP contribution is -2.73. The molecule has 10 nitrogen and oxygen atoms in total. The van der Waals surface area contributed by atoms with E-state index in [1.54, 1.807) is 44.2 Å². The molecule has 0 radical (unpaired) electrons. The third-order valence-electron chi connectivity index (χ3n) is 7.18. The van der Waals surface area contributed by atoms with Crippen LogP contribution in [-0.4, -0.2) is 68.2 Å². The zero-order valence-electron chi connectivity index (χ0n) is 22.0. The summed E-state index contributed by atoms with van der Waals surface area (Å²) in [5, 5.41) is 37.8. The zero-order chi connectivity index (χ0) is 28.1. The first-order valence-electron chi connectivity index (χ1n) is 12.7. The van der Waals surface area contributed by atoms with Crippen LogP contribution >= 0.6 is 0 Å². The molecule has 5 atom stereocenters. The predicted octanol–water partition coefficient (Wildman–Crippen LogP) is 1.60. The van der Waals surface area contributed by atoms with E-state index in [0.29, 0.717) is 12.0 Å². The van der Waals surface area contributed by atoms with Gasteiger partial charge in [-0.3, -0.25) is 14.5 Å². The van der Waals surface area contributed by atoms with Crippen LogP contribution in [0.15, 0.2) is 60.7 Å². The van der Waals surface area contributed by atoms with E-state index in [2.05, 4.69) is 10.6 Å². The number of aliphatic hydroxyl groups excluding tert-OH is 2. The smallest absolute Gasteiger partial charge is 0.410 e. The Bertz CT molecular complexity index is 1110. The molecule has 2 aromatic carbocycles. The average molecular weight is 527 g/mol. The number of carbonyl (C=O) groups excluding carboxylic acids is 2. The number of hydrogen-bond acceptors (Lipinski definition) is 6. The number of aryl methyl sites for hydroxylation is 1. The molecule has 5 unspecified atom stereocenters. The van der Waals surface area contributed by atoms with E-state index in [1.165, 1.54) is 6.92 Å². The maximum atomic E-state index is 13.4. The van der Waals surface area contributed by atoms with Crippen molar-refractivity contribution in [3.8, 4) is 0 Å². The van der Waals surface area contributed by atoms with Gasteiger partial charge in [0.15, 0.2) is 0 Å². The van der Waals surface area contributed by atoms with Crippen molar-refractivity contribution >= 4 is 17.9 Å². The Morgan fingerprint density at radius 3 is 2.13 bits per heavy atom. The van der Waals surface area contributed by atoms with E-state index in [1.807, 2.05) is 30.3 Å².